The van der Waals surface area contributed by atoms with Crippen molar-refractivity contribution >= 4 is 29.2 Å². The van der Waals surface area contributed by atoms with E-state index in [2.05, 4.69) is 0 Å². The van der Waals surface area contributed by atoms with Crippen LogP contribution in [0.4, 0.5) is 5.69 Å². The van der Waals surface area contributed by atoms with Crippen LogP contribution in [0.15, 0.2) is 48.5 Å². The zero-order chi connectivity index (χ0) is 17.6. The Bertz CT molecular complexity index is 775. The fourth-order valence-corrected chi connectivity index (χ4v) is 3.25. The van der Waals surface area contributed by atoms with Crippen molar-refractivity contribution in [2.75, 3.05) is 18.1 Å². The first kappa shape index (κ1) is 17.5. The Morgan fingerprint density at radius 1 is 1.08 bits per heavy atom. The van der Waals surface area contributed by atoms with Crippen molar-refractivity contribution < 1.29 is 14.3 Å². The van der Waals surface area contributed by atoms with E-state index < -0.39 is 5.97 Å². The number of halogens is 1. The zero-order valence-electron chi connectivity index (χ0n) is 13.9. The van der Waals surface area contributed by atoms with Crippen molar-refractivity contribution in [2.45, 2.75) is 25.7 Å². The van der Waals surface area contributed by atoms with E-state index in [1.165, 1.54) is 0 Å². The Hall–Kier alpha value is -2.33. The maximum Gasteiger partial charge on any atom is 0.306 e. The Labute approximate surface area is 152 Å². The van der Waals surface area contributed by atoms with E-state index in [0.29, 0.717) is 18.0 Å². The van der Waals surface area contributed by atoms with Crippen molar-refractivity contribution in [3.05, 3.63) is 64.7 Å². The molecule has 1 amide bonds. The molecule has 0 N–H and O–H groups in total. The van der Waals surface area contributed by atoms with Crippen LogP contribution in [0.2, 0.25) is 5.02 Å². The highest BCUT2D eigenvalue weighted by molar-refractivity contribution is 6.31. The Morgan fingerprint density at radius 3 is 2.68 bits per heavy atom. The summed E-state index contributed by atoms with van der Waals surface area (Å²) in [4.78, 5) is 26.1. The first-order valence-corrected chi connectivity index (χ1v) is 8.80. The third-order valence-electron chi connectivity index (χ3n) is 4.32. The van der Waals surface area contributed by atoms with Crippen LogP contribution < -0.4 is 4.90 Å². The molecule has 1 aliphatic heterocycles. The first-order chi connectivity index (χ1) is 12.1. The fraction of sp³-hybridized carbons (Fsp3) is 0.300. The van der Waals surface area contributed by atoms with E-state index in [-0.39, 0.29) is 18.9 Å². The molecule has 0 saturated carbocycles. The Kier molecular flexibility index (Phi) is 5.71. The number of esters is 1. The van der Waals surface area contributed by atoms with Crippen LogP contribution >= 0.6 is 11.6 Å². The van der Waals surface area contributed by atoms with Crippen molar-refractivity contribution in [2.24, 2.45) is 0 Å². The molecule has 4 nitrogen and oxygen atoms in total. The topological polar surface area (TPSA) is 46.6 Å². The van der Waals surface area contributed by atoms with Gasteiger partial charge in [0.05, 0.1) is 0 Å². The number of hydrogen-bond donors (Lipinski definition) is 0. The molecule has 0 unspecified atom stereocenters. The number of fused-ring (bicyclic) bond motifs is 1. The summed E-state index contributed by atoms with van der Waals surface area (Å²) in [7, 11) is 0. The second-order valence-corrected chi connectivity index (χ2v) is 6.44. The van der Waals surface area contributed by atoms with Gasteiger partial charge in [-0.25, -0.2) is 0 Å². The summed E-state index contributed by atoms with van der Waals surface area (Å²) in [5.74, 6) is -0.572. The van der Waals surface area contributed by atoms with Crippen molar-refractivity contribution in [1.82, 2.24) is 0 Å². The van der Waals surface area contributed by atoms with E-state index in [9.17, 15) is 9.59 Å². The average Bonchev–Trinajstić information content (AvgIpc) is 2.65. The molecule has 0 aromatic heterocycles. The van der Waals surface area contributed by atoms with Crippen LogP contribution in [-0.4, -0.2) is 25.0 Å². The molecule has 2 aromatic carbocycles. The van der Waals surface area contributed by atoms with Crippen molar-refractivity contribution in [3.63, 3.8) is 0 Å². The molecule has 0 fully saturated rings. The number of amides is 1. The highest BCUT2D eigenvalue weighted by atomic mass is 35.5. The molecule has 0 atom stereocenters. The third kappa shape index (κ3) is 4.40. The minimum Gasteiger partial charge on any atom is -0.456 e. The molecule has 0 bridgehead atoms. The van der Waals surface area contributed by atoms with E-state index in [4.69, 9.17) is 16.3 Å². The molecular weight excluding hydrogens is 338 g/mol. The summed E-state index contributed by atoms with van der Waals surface area (Å²) in [5, 5.41) is 0.635. The van der Waals surface area contributed by atoms with Gasteiger partial charge < -0.3 is 9.64 Å². The van der Waals surface area contributed by atoms with Crippen LogP contribution in [0.5, 0.6) is 0 Å². The summed E-state index contributed by atoms with van der Waals surface area (Å²) >= 11 is 6.07. The monoisotopic (exact) mass is 357 g/mol. The molecule has 5 heteroatoms. The van der Waals surface area contributed by atoms with Gasteiger partial charge in [-0.15, -0.1) is 0 Å². The van der Waals surface area contributed by atoms with Crippen LogP contribution in [0.25, 0.3) is 0 Å². The summed E-state index contributed by atoms with van der Waals surface area (Å²) in [6, 6.07) is 15.3. The van der Waals surface area contributed by atoms with E-state index in [0.717, 1.165) is 29.7 Å². The lowest BCUT2D eigenvalue weighted by Gasteiger charge is -2.29. The average molecular weight is 358 g/mol. The summed E-state index contributed by atoms with van der Waals surface area (Å²) in [5.41, 5.74) is 2.98. The molecule has 1 heterocycles. The predicted molar refractivity (Wildman–Crippen MR) is 97.8 cm³/mol. The Morgan fingerprint density at radius 2 is 1.84 bits per heavy atom. The quantitative estimate of drug-likeness (QED) is 0.765. The predicted octanol–water partition coefficient (Wildman–Crippen LogP) is 3.80. The van der Waals surface area contributed by atoms with Gasteiger partial charge in [-0.05, 0) is 42.5 Å². The number of nitrogens with zero attached hydrogens (tertiary/aromatic N) is 1. The maximum absolute atomic E-state index is 12.4. The second kappa shape index (κ2) is 8.17. The minimum atomic E-state index is -0.390. The van der Waals surface area contributed by atoms with Gasteiger partial charge in [-0.3, -0.25) is 9.59 Å². The number of carbonyl (C=O) groups excluding carboxylic acids is 2. The number of carbonyl (C=O) groups is 2. The van der Waals surface area contributed by atoms with Gasteiger partial charge in [0.15, 0.2) is 6.61 Å². The van der Waals surface area contributed by atoms with Gasteiger partial charge in [0, 0.05) is 23.7 Å². The Balaban J connectivity index is 1.51. The molecule has 1 aliphatic rings. The first-order valence-electron chi connectivity index (χ1n) is 8.42. The van der Waals surface area contributed by atoms with Crippen LogP contribution in [-0.2, 0) is 27.2 Å². The standard InChI is InChI=1S/C20H20ClNO3/c21-17-9-3-1-6-15(17)11-12-20(24)25-14-19(23)22-13-5-8-16-7-2-4-10-18(16)22/h1-4,6-7,9-10H,5,8,11-14H2. The zero-order valence-corrected chi connectivity index (χ0v) is 14.7. The molecule has 0 aliphatic carbocycles. The largest absolute Gasteiger partial charge is 0.456 e. The van der Waals surface area contributed by atoms with Crippen LogP contribution in [0.3, 0.4) is 0 Å². The van der Waals surface area contributed by atoms with Gasteiger partial charge in [-0.1, -0.05) is 48.0 Å². The lowest BCUT2D eigenvalue weighted by molar-refractivity contribution is -0.147. The highest BCUT2D eigenvalue weighted by Crippen LogP contribution is 2.26. The SMILES string of the molecule is O=C(CCc1ccccc1Cl)OCC(=O)N1CCCc2ccccc21. The molecule has 25 heavy (non-hydrogen) atoms. The molecule has 0 spiro atoms. The van der Waals surface area contributed by atoms with E-state index in [1.807, 2.05) is 42.5 Å². The lowest BCUT2D eigenvalue weighted by Crippen LogP contribution is -2.38. The molecule has 0 radical (unpaired) electrons. The van der Waals surface area contributed by atoms with Crippen molar-refractivity contribution in [3.8, 4) is 0 Å². The smallest absolute Gasteiger partial charge is 0.306 e. The summed E-state index contributed by atoms with van der Waals surface area (Å²) in [6.45, 7) is 0.433. The number of anilines is 1. The van der Waals surface area contributed by atoms with Crippen LogP contribution in [0.1, 0.15) is 24.0 Å². The summed E-state index contributed by atoms with van der Waals surface area (Å²) in [6.07, 6.45) is 2.59. The number of rotatable bonds is 5. The highest BCUT2D eigenvalue weighted by Gasteiger charge is 2.22. The van der Waals surface area contributed by atoms with Gasteiger partial charge in [0.1, 0.15) is 0 Å². The lowest BCUT2D eigenvalue weighted by atomic mass is 10.0. The fourth-order valence-electron chi connectivity index (χ4n) is 3.02. The van der Waals surface area contributed by atoms with E-state index >= 15 is 0 Å². The minimum absolute atomic E-state index is 0.182. The van der Waals surface area contributed by atoms with E-state index in [1.54, 1.807) is 11.0 Å². The molecular formula is C20H20ClNO3. The summed E-state index contributed by atoms with van der Waals surface area (Å²) < 4.78 is 5.16. The second-order valence-electron chi connectivity index (χ2n) is 6.03. The molecule has 130 valence electrons. The number of benzene rings is 2. The number of para-hydroxylation sites is 1. The van der Waals surface area contributed by atoms with Gasteiger partial charge >= 0.3 is 5.97 Å². The van der Waals surface area contributed by atoms with Crippen molar-refractivity contribution in [1.29, 1.82) is 0 Å². The molecule has 0 saturated heterocycles. The van der Waals surface area contributed by atoms with Gasteiger partial charge in [-0.2, -0.15) is 0 Å². The molecule has 3 rings (SSSR count). The normalized spacial score (nSPS) is 13.2. The van der Waals surface area contributed by atoms with Gasteiger partial charge in [0.25, 0.3) is 5.91 Å². The van der Waals surface area contributed by atoms with Gasteiger partial charge in [0.2, 0.25) is 0 Å². The number of hydrogen-bond acceptors (Lipinski definition) is 3. The number of aryl methyl sites for hydroxylation is 2. The molecule has 2 aromatic rings. The third-order valence-corrected chi connectivity index (χ3v) is 4.69. The van der Waals surface area contributed by atoms with Crippen LogP contribution in [0, 0.1) is 0 Å². The maximum atomic E-state index is 12.4. The number of ether oxygens (including phenoxy) is 1.